The first kappa shape index (κ1) is 14.5. The topological polar surface area (TPSA) is 49.3 Å². The number of hydrogen-bond acceptors (Lipinski definition) is 2. The Balaban J connectivity index is 2.20. The van der Waals surface area contributed by atoms with Gasteiger partial charge in [-0.3, -0.25) is 0 Å². The molecule has 0 spiro atoms. The number of benzene rings is 2. The van der Waals surface area contributed by atoms with Gasteiger partial charge in [0.25, 0.3) is 0 Å². The molecule has 0 atom stereocenters. The van der Waals surface area contributed by atoms with Gasteiger partial charge in [0.15, 0.2) is 11.6 Å². The van der Waals surface area contributed by atoms with Crippen molar-refractivity contribution in [3.63, 3.8) is 0 Å². The fourth-order valence-corrected chi connectivity index (χ4v) is 2.06. The summed E-state index contributed by atoms with van der Waals surface area (Å²) in [4.78, 5) is 11.1. The van der Waals surface area contributed by atoms with Crippen molar-refractivity contribution in [3.05, 3.63) is 63.6 Å². The van der Waals surface area contributed by atoms with E-state index in [2.05, 4.69) is 21.2 Å². The van der Waals surface area contributed by atoms with Crippen LogP contribution in [0.1, 0.15) is 15.9 Å². The van der Waals surface area contributed by atoms with Crippen molar-refractivity contribution >= 4 is 27.6 Å². The third-order valence-corrected chi connectivity index (χ3v) is 3.17. The quantitative estimate of drug-likeness (QED) is 0.882. The lowest BCUT2D eigenvalue weighted by Gasteiger charge is -2.10. The molecular weight excluding hydrogens is 332 g/mol. The lowest BCUT2D eigenvalue weighted by molar-refractivity contribution is 0.0698. The fourth-order valence-electron chi connectivity index (χ4n) is 1.70. The highest BCUT2D eigenvalue weighted by atomic mass is 79.9. The number of halogens is 3. The number of carboxylic acids is 1. The summed E-state index contributed by atoms with van der Waals surface area (Å²) in [5, 5.41) is 12.0. The highest BCUT2D eigenvalue weighted by Gasteiger charge is 2.10. The van der Waals surface area contributed by atoms with Crippen molar-refractivity contribution in [2.75, 3.05) is 5.32 Å². The maximum atomic E-state index is 13.1. The largest absolute Gasteiger partial charge is 0.478 e. The predicted octanol–water partition coefficient (Wildman–Crippen LogP) is 4.04. The monoisotopic (exact) mass is 341 g/mol. The molecule has 20 heavy (non-hydrogen) atoms. The summed E-state index contributed by atoms with van der Waals surface area (Å²) in [6, 6.07) is 8.23. The number of carbonyl (C=O) groups is 1. The maximum Gasteiger partial charge on any atom is 0.337 e. The van der Waals surface area contributed by atoms with Crippen molar-refractivity contribution in [1.82, 2.24) is 0 Å². The molecule has 2 aromatic rings. The highest BCUT2D eigenvalue weighted by molar-refractivity contribution is 9.10. The highest BCUT2D eigenvalue weighted by Crippen LogP contribution is 2.22. The number of carboxylic acid groups (broad SMARTS) is 1. The van der Waals surface area contributed by atoms with Gasteiger partial charge in [0.05, 0.1) is 11.3 Å². The van der Waals surface area contributed by atoms with E-state index in [-0.39, 0.29) is 12.1 Å². The summed E-state index contributed by atoms with van der Waals surface area (Å²) in [7, 11) is 0. The van der Waals surface area contributed by atoms with Crippen LogP contribution >= 0.6 is 15.9 Å². The summed E-state index contributed by atoms with van der Waals surface area (Å²) in [5.41, 5.74) is 1.02. The van der Waals surface area contributed by atoms with Gasteiger partial charge in [-0.1, -0.05) is 22.0 Å². The van der Waals surface area contributed by atoms with Crippen molar-refractivity contribution < 1.29 is 18.7 Å². The summed E-state index contributed by atoms with van der Waals surface area (Å²) >= 11 is 3.25. The van der Waals surface area contributed by atoms with Crippen LogP contribution in [0.3, 0.4) is 0 Å². The zero-order chi connectivity index (χ0) is 14.7. The molecule has 0 saturated heterocycles. The Bertz CT molecular complexity index is 662. The van der Waals surface area contributed by atoms with Gasteiger partial charge < -0.3 is 10.4 Å². The van der Waals surface area contributed by atoms with Crippen LogP contribution in [-0.2, 0) is 6.54 Å². The Kier molecular flexibility index (Phi) is 4.34. The summed E-state index contributed by atoms with van der Waals surface area (Å²) in [6.07, 6.45) is 0. The molecule has 0 aliphatic heterocycles. The third-order valence-electron chi connectivity index (χ3n) is 2.68. The fraction of sp³-hybridized carbons (Fsp3) is 0.0714. The molecule has 0 aromatic heterocycles. The molecule has 0 fully saturated rings. The van der Waals surface area contributed by atoms with E-state index in [1.165, 1.54) is 12.1 Å². The Hall–Kier alpha value is -1.95. The number of rotatable bonds is 4. The van der Waals surface area contributed by atoms with E-state index in [4.69, 9.17) is 5.11 Å². The first-order valence-electron chi connectivity index (χ1n) is 5.68. The second-order valence-electron chi connectivity index (χ2n) is 4.10. The lowest BCUT2D eigenvalue weighted by atomic mass is 10.1. The number of aromatic carboxylic acids is 1. The SMILES string of the molecule is O=C(O)c1ccc(Br)cc1NCc1ccc(F)c(F)c1. The first-order chi connectivity index (χ1) is 9.47. The molecule has 2 rings (SSSR count). The van der Waals surface area contributed by atoms with Crippen LogP contribution < -0.4 is 5.32 Å². The zero-order valence-corrected chi connectivity index (χ0v) is 11.7. The minimum absolute atomic E-state index is 0.107. The van der Waals surface area contributed by atoms with Crippen molar-refractivity contribution in [1.29, 1.82) is 0 Å². The smallest absolute Gasteiger partial charge is 0.337 e. The number of anilines is 1. The minimum Gasteiger partial charge on any atom is -0.478 e. The molecule has 0 unspecified atom stereocenters. The second-order valence-corrected chi connectivity index (χ2v) is 5.01. The molecule has 0 heterocycles. The van der Waals surface area contributed by atoms with E-state index in [9.17, 15) is 13.6 Å². The van der Waals surface area contributed by atoms with E-state index < -0.39 is 17.6 Å². The maximum absolute atomic E-state index is 13.1. The molecule has 2 aromatic carbocycles. The molecule has 0 radical (unpaired) electrons. The van der Waals surface area contributed by atoms with Crippen molar-refractivity contribution in [3.8, 4) is 0 Å². The van der Waals surface area contributed by atoms with Crippen molar-refractivity contribution in [2.45, 2.75) is 6.54 Å². The van der Waals surface area contributed by atoms with Gasteiger partial charge >= 0.3 is 5.97 Å². The van der Waals surface area contributed by atoms with Crippen LogP contribution in [0.15, 0.2) is 40.9 Å². The molecule has 0 aliphatic carbocycles. The van der Waals surface area contributed by atoms with E-state index >= 15 is 0 Å². The van der Waals surface area contributed by atoms with Crippen LogP contribution in [0.2, 0.25) is 0 Å². The summed E-state index contributed by atoms with van der Waals surface area (Å²) in [6.45, 7) is 0.188. The number of hydrogen-bond donors (Lipinski definition) is 2. The summed E-state index contributed by atoms with van der Waals surface area (Å²) in [5.74, 6) is -2.91. The first-order valence-corrected chi connectivity index (χ1v) is 6.47. The lowest BCUT2D eigenvalue weighted by Crippen LogP contribution is -2.06. The number of nitrogens with one attached hydrogen (secondary N) is 1. The second kappa shape index (κ2) is 6.00. The molecule has 3 nitrogen and oxygen atoms in total. The van der Waals surface area contributed by atoms with Crippen LogP contribution in [0.5, 0.6) is 0 Å². The average Bonchev–Trinajstić information content (AvgIpc) is 2.40. The molecule has 0 amide bonds. The van der Waals surface area contributed by atoms with E-state index in [0.717, 1.165) is 16.6 Å². The molecule has 0 saturated carbocycles. The zero-order valence-electron chi connectivity index (χ0n) is 10.2. The summed E-state index contributed by atoms with van der Waals surface area (Å²) < 4.78 is 26.6. The van der Waals surface area contributed by atoms with Gasteiger partial charge in [-0.15, -0.1) is 0 Å². The Morgan fingerprint density at radius 3 is 2.55 bits per heavy atom. The van der Waals surface area contributed by atoms with Crippen LogP contribution in [-0.4, -0.2) is 11.1 Å². The normalized spacial score (nSPS) is 10.3. The van der Waals surface area contributed by atoms with Gasteiger partial charge in [-0.2, -0.15) is 0 Å². The van der Waals surface area contributed by atoms with E-state index in [0.29, 0.717) is 11.3 Å². The van der Waals surface area contributed by atoms with Gasteiger partial charge in [-0.25, -0.2) is 13.6 Å². The van der Waals surface area contributed by atoms with Crippen LogP contribution in [0.4, 0.5) is 14.5 Å². The average molecular weight is 342 g/mol. The van der Waals surface area contributed by atoms with Crippen molar-refractivity contribution in [2.24, 2.45) is 0 Å². The molecular formula is C14H10BrF2NO2. The van der Waals surface area contributed by atoms with E-state index in [1.54, 1.807) is 12.1 Å². The Labute approximate surface area is 122 Å². The minimum atomic E-state index is -1.06. The molecule has 6 heteroatoms. The van der Waals surface area contributed by atoms with Gasteiger partial charge in [0.2, 0.25) is 0 Å². The predicted molar refractivity (Wildman–Crippen MR) is 74.8 cm³/mol. The van der Waals surface area contributed by atoms with E-state index in [1.807, 2.05) is 0 Å². The van der Waals surface area contributed by atoms with Crippen LogP contribution in [0, 0.1) is 11.6 Å². The standard InChI is InChI=1S/C14H10BrF2NO2/c15-9-2-3-10(14(19)20)13(6-9)18-7-8-1-4-11(16)12(17)5-8/h1-6,18H,7H2,(H,19,20). The molecule has 2 N–H and O–H groups in total. The van der Waals surface area contributed by atoms with Gasteiger partial charge in [-0.05, 0) is 35.9 Å². The molecule has 0 aliphatic rings. The molecule has 0 bridgehead atoms. The molecule has 104 valence electrons. The van der Waals surface area contributed by atoms with Crippen LogP contribution in [0.25, 0.3) is 0 Å². The van der Waals surface area contributed by atoms with Gasteiger partial charge in [0, 0.05) is 11.0 Å². The third kappa shape index (κ3) is 3.33. The Morgan fingerprint density at radius 2 is 1.90 bits per heavy atom. The Morgan fingerprint density at radius 1 is 1.15 bits per heavy atom. The van der Waals surface area contributed by atoms with Gasteiger partial charge in [0.1, 0.15) is 0 Å².